The Bertz CT molecular complexity index is 558. The van der Waals surface area contributed by atoms with Crippen molar-refractivity contribution in [3.8, 4) is 0 Å². The first kappa shape index (κ1) is 17.5. The lowest BCUT2D eigenvalue weighted by molar-refractivity contribution is -0.300. The molecule has 0 saturated heterocycles. The van der Waals surface area contributed by atoms with Crippen molar-refractivity contribution in [1.29, 1.82) is 0 Å². The highest BCUT2D eigenvalue weighted by Crippen LogP contribution is 2.35. The molecule has 2 aromatic rings. The molecule has 0 heterocycles. The summed E-state index contributed by atoms with van der Waals surface area (Å²) >= 11 is 0. The number of hydrogen-bond acceptors (Lipinski definition) is 1. The van der Waals surface area contributed by atoms with Crippen LogP contribution in [0.3, 0.4) is 0 Å². The second-order valence-electron chi connectivity index (χ2n) is 4.80. The van der Waals surface area contributed by atoms with Crippen molar-refractivity contribution in [3.05, 3.63) is 60.7 Å². The molecule has 0 unspecified atom stereocenters. The molecule has 0 aliphatic rings. The largest absolute Gasteiger partial charge is 0.422 e. The van der Waals surface area contributed by atoms with Crippen molar-refractivity contribution in [2.45, 2.75) is 18.5 Å². The minimum Gasteiger partial charge on any atom is -0.392 e. The van der Waals surface area contributed by atoms with Crippen LogP contribution in [0, 0.1) is 0 Å². The maximum absolute atomic E-state index is 12.8. The summed E-state index contributed by atoms with van der Waals surface area (Å²) in [5.74, 6) is 0. The van der Waals surface area contributed by atoms with Crippen LogP contribution in [0.15, 0.2) is 60.7 Å². The third kappa shape index (κ3) is 4.58. The second-order valence-corrected chi connectivity index (χ2v) is 7.17. The lowest BCUT2D eigenvalue weighted by Crippen LogP contribution is -2.54. The smallest absolute Gasteiger partial charge is 0.392 e. The Morgan fingerprint density at radius 1 is 0.652 bits per heavy atom. The molecule has 124 valence electrons. The first-order valence-corrected chi connectivity index (χ1v) is 8.21. The summed E-state index contributed by atoms with van der Waals surface area (Å²) in [5.41, 5.74) is 0. The van der Waals surface area contributed by atoms with E-state index in [0.717, 1.165) is 0 Å². The zero-order valence-electron chi connectivity index (χ0n) is 11.6. The summed E-state index contributed by atoms with van der Waals surface area (Å²) in [6.45, 7) is 0. The number of alkyl halides is 6. The fraction of sp³-hybridized carbons (Fsp3) is 0.200. The van der Waals surface area contributed by atoms with Gasteiger partial charge in [0.15, 0.2) is 0 Å². The van der Waals surface area contributed by atoms with Crippen LogP contribution in [0.5, 0.6) is 0 Å². The van der Waals surface area contributed by atoms with Crippen molar-refractivity contribution in [1.82, 2.24) is 0 Å². The first-order chi connectivity index (χ1) is 10.7. The van der Waals surface area contributed by atoms with Crippen LogP contribution in [-0.2, 0) is 4.43 Å². The molecule has 1 nitrogen and oxygen atoms in total. The number of halogens is 6. The van der Waals surface area contributed by atoms with Gasteiger partial charge in [0, 0.05) is 0 Å². The highest BCUT2D eigenvalue weighted by molar-refractivity contribution is 6.80. The summed E-state index contributed by atoms with van der Waals surface area (Å²) in [4.78, 5) is 0. The van der Waals surface area contributed by atoms with E-state index < -0.39 is 27.5 Å². The molecule has 0 aliphatic heterocycles. The van der Waals surface area contributed by atoms with Crippen molar-refractivity contribution >= 4 is 19.4 Å². The molecule has 23 heavy (non-hydrogen) atoms. The van der Waals surface area contributed by atoms with Gasteiger partial charge in [-0.25, -0.2) is 0 Å². The Morgan fingerprint density at radius 3 is 1.30 bits per heavy atom. The van der Waals surface area contributed by atoms with Crippen LogP contribution in [0.25, 0.3) is 0 Å². The highest BCUT2D eigenvalue weighted by atomic mass is 28.3. The van der Waals surface area contributed by atoms with Crippen molar-refractivity contribution < 1.29 is 30.8 Å². The molecule has 0 saturated carbocycles. The zero-order valence-corrected chi connectivity index (χ0v) is 12.8. The fourth-order valence-electron chi connectivity index (χ4n) is 2.08. The molecule has 0 amide bonds. The van der Waals surface area contributed by atoms with E-state index in [9.17, 15) is 26.3 Å². The Balaban J connectivity index is 2.42. The quantitative estimate of drug-likeness (QED) is 0.608. The average Bonchev–Trinajstić information content (AvgIpc) is 2.47. The molecular weight excluding hydrogens is 338 g/mol. The number of hydrogen-bond donors (Lipinski definition) is 0. The van der Waals surface area contributed by atoms with Crippen LogP contribution >= 0.6 is 0 Å². The topological polar surface area (TPSA) is 9.23 Å². The summed E-state index contributed by atoms with van der Waals surface area (Å²) in [5, 5.41) is 0.689. The minimum atomic E-state index is -5.52. The molecule has 0 spiro atoms. The van der Waals surface area contributed by atoms with Crippen molar-refractivity contribution in [3.63, 3.8) is 0 Å². The average molecular weight is 350 g/mol. The molecule has 0 fully saturated rings. The highest BCUT2D eigenvalue weighted by Gasteiger charge is 2.58. The molecule has 0 atom stereocenters. The van der Waals surface area contributed by atoms with Crippen molar-refractivity contribution in [2.24, 2.45) is 0 Å². The standard InChI is InChI=1S/C15H12F6OSi/c16-14(17,18)13(15(19,20)21)22-23(11-7-3-1-4-8-11)12-9-5-2-6-10-12/h1-10,13,23H. The van der Waals surface area contributed by atoms with E-state index in [4.69, 9.17) is 0 Å². The van der Waals surface area contributed by atoms with E-state index in [0.29, 0.717) is 10.4 Å². The maximum Gasteiger partial charge on any atom is 0.422 e. The second kappa shape index (κ2) is 6.75. The Morgan fingerprint density at radius 2 is 1.00 bits per heavy atom. The zero-order chi connectivity index (χ0) is 17.1. The lowest BCUT2D eigenvalue weighted by Gasteiger charge is -2.28. The molecular formula is C15H12F6OSi. The van der Waals surface area contributed by atoms with Gasteiger partial charge in [-0.3, -0.25) is 0 Å². The van der Waals surface area contributed by atoms with Crippen LogP contribution in [0.4, 0.5) is 26.3 Å². The molecule has 0 aliphatic carbocycles. The molecule has 0 radical (unpaired) electrons. The van der Waals surface area contributed by atoms with E-state index in [1.807, 2.05) is 0 Å². The molecule has 0 aromatic heterocycles. The van der Waals surface area contributed by atoms with Gasteiger partial charge in [-0.2, -0.15) is 26.3 Å². The van der Waals surface area contributed by atoms with Gasteiger partial charge < -0.3 is 4.43 Å². The molecule has 0 N–H and O–H groups in total. The Kier molecular flexibility index (Phi) is 5.15. The maximum atomic E-state index is 12.8. The minimum absolute atomic E-state index is 0.345. The van der Waals surface area contributed by atoms with E-state index in [-0.39, 0.29) is 0 Å². The number of rotatable bonds is 4. The predicted molar refractivity (Wildman–Crippen MR) is 76.3 cm³/mol. The van der Waals surface area contributed by atoms with Crippen LogP contribution in [0.1, 0.15) is 0 Å². The lowest BCUT2D eigenvalue weighted by atomic mass is 10.3. The molecule has 0 bridgehead atoms. The van der Waals surface area contributed by atoms with Gasteiger partial charge in [0.2, 0.25) is 15.1 Å². The molecule has 2 aromatic carbocycles. The van der Waals surface area contributed by atoms with Crippen LogP contribution in [0.2, 0.25) is 0 Å². The normalized spacial score (nSPS) is 12.9. The van der Waals surface area contributed by atoms with Gasteiger partial charge in [0.25, 0.3) is 0 Å². The van der Waals surface area contributed by atoms with Gasteiger partial charge in [-0.15, -0.1) is 0 Å². The summed E-state index contributed by atoms with van der Waals surface area (Å²) in [6.07, 6.45) is -14.8. The summed E-state index contributed by atoms with van der Waals surface area (Å²) in [6, 6.07) is 15.4. The van der Waals surface area contributed by atoms with E-state index in [1.165, 1.54) is 24.3 Å². The van der Waals surface area contributed by atoms with E-state index in [2.05, 4.69) is 4.43 Å². The Hall–Kier alpha value is -1.80. The Labute approximate surface area is 130 Å². The first-order valence-electron chi connectivity index (χ1n) is 6.58. The third-order valence-electron chi connectivity index (χ3n) is 3.07. The van der Waals surface area contributed by atoms with E-state index >= 15 is 0 Å². The third-order valence-corrected chi connectivity index (χ3v) is 5.60. The van der Waals surface area contributed by atoms with Gasteiger partial charge in [-0.1, -0.05) is 60.7 Å². The van der Waals surface area contributed by atoms with Crippen LogP contribution in [-0.4, -0.2) is 27.5 Å². The summed E-state index contributed by atoms with van der Waals surface area (Å²) in [7, 11) is -3.15. The fourth-order valence-corrected chi connectivity index (χ4v) is 4.50. The predicted octanol–water partition coefficient (Wildman–Crippen LogP) is 3.03. The molecule has 2 rings (SSSR count). The van der Waals surface area contributed by atoms with Gasteiger partial charge in [-0.05, 0) is 10.4 Å². The van der Waals surface area contributed by atoms with Crippen LogP contribution < -0.4 is 10.4 Å². The van der Waals surface area contributed by atoms with Crippen molar-refractivity contribution in [2.75, 3.05) is 0 Å². The van der Waals surface area contributed by atoms with Gasteiger partial charge >= 0.3 is 12.4 Å². The molecule has 8 heteroatoms. The SMILES string of the molecule is FC(F)(F)C(O[SiH](c1ccccc1)c1ccccc1)C(F)(F)F. The van der Waals surface area contributed by atoms with Gasteiger partial charge in [0.05, 0.1) is 0 Å². The monoisotopic (exact) mass is 350 g/mol. The summed E-state index contributed by atoms with van der Waals surface area (Å²) < 4.78 is 81.4. The van der Waals surface area contributed by atoms with Gasteiger partial charge in [0.1, 0.15) is 0 Å². The van der Waals surface area contributed by atoms with E-state index in [1.54, 1.807) is 36.4 Å². The number of benzene rings is 2.